The third kappa shape index (κ3) is 10.3. The van der Waals surface area contributed by atoms with Gasteiger partial charge in [0.25, 0.3) is 11.1 Å². The molecule has 0 saturated carbocycles. The molecular formula is C42H33ClF6N10O4. The average Bonchev–Trinajstić information content (AvgIpc) is 3.77. The normalized spacial score (nSPS) is 11.3. The molecule has 8 rings (SSSR count). The van der Waals surface area contributed by atoms with Crippen LogP contribution >= 0.6 is 11.6 Å². The molecule has 2 aromatic carbocycles. The number of rotatable bonds is 7. The lowest BCUT2D eigenvalue weighted by atomic mass is 10.0. The largest absolute Gasteiger partial charge is 0.481 e. The summed E-state index contributed by atoms with van der Waals surface area (Å²) >= 11 is 5.52. The fourth-order valence-electron chi connectivity index (χ4n) is 6.10. The number of pyridine rings is 2. The number of anilines is 2. The van der Waals surface area contributed by atoms with Crippen LogP contribution < -0.4 is 20.5 Å². The minimum absolute atomic E-state index is 0.0747. The first-order valence-corrected chi connectivity index (χ1v) is 18.6. The van der Waals surface area contributed by atoms with E-state index in [1.807, 2.05) is 0 Å². The van der Waals surface area contributed by atoms with Crippen LogP contribution in [0.3, 0.4) is 0 Å². The Balaban J connectivity index is 0.000000180. The van der Waals surface area contributed by atoms with E-state index in [0.29, 0.717) is 29.0 Å². The van der Waals surface area contributed by atoms with Crippen molar-refractivity contribution in [1.29, 1.82) is 0 Å². The Morgan fingerprint density at radius 3 is 1.54 bits per heavy atom. The van der Waals surface area contributed by atoms with Crippen molar-refractivity contribution in [2.24, 2.45) is 0 Å². The highest BCUT2D eigenvalue weighted by Gasteiger charge is 2.35. The van der Waals surface area contributed by atoms with Crippen molar-refractivity contribution in [1.82, 2.24) is 39.2 Å². The van der Waals surface area contributed by atoms with Crippen molar-refractivity contribution in [2.75, 3.05) is 25.3 Å². The maximum absolute atomic E-state index is 13.4. The number of benzene rings is 2. The number of aryl methyl sites for hydroxylation is 2. The molecule has 6 heterocycles. The third-order valence-electron chi connectivity index (χ3n) is 8.89. The van der Waals surface area contributed by atoms with Gasteiger partial charge in [-0.25, -0.2) is 19.0 Å². The molecule has 0 fully saturated rings. The molecule has 21 heteroatoms. The Morgan fingerprint density at radius 2 is 1.08 bits per heavy atom. The minimum Gasteiger partial charge on any atom is -0.481 e. The smallest absolute Gasteiger partial charge is 0.417 e. The summed E-state index contributed by atoms with van der Waals surface area (Å²) in [7, 11) is 3.01. The molecule has 0 aliphatic rings. The van der Waals surface area contributed by atoms with Gasteiger partial charge in [0.15, 0.2) is 11.3 Å². The van der Waals surface area contributed by atoms with E-state index in [-0.39, 0.29) is 50.8 Å². The molecule has 8 aromatic rings. The summed E-state index contributed by atoms with van der Waals surface area (Å²) in [6.07, 6.45) is -6.13. The van der Waals surface area contributed by atoms with E-state index in [4.69, 9.17) is 26.8 Å². The van der Waals surface area contributed by atoms with Crippen molar-refractivity contribution < 1.29 is 45.4 Å². The standard InChI is InChI=1S/C21H16F3N5O2.C15H9ClF3N3O.C6H8N2O/c1-12-18(20(30)27-16-8-5-9-17(26-16)31-2)19-25-15(10-11-29(19)28-12)13-6-3-4-7-14(13)21(22,23)24;1-8-12(13(16)23)14-20-11(6-7-22(14)21-8)9-4-2-3-5-10(9)15(17,18)19;1-9-6-4-2-3-5(7)8-6/h3-11H,1-2H3,(H,26,27,30);2-7H,1H3;2-4H,1H3,(H2,7,8). The van der Waals surface area contributed by atoms with Crippen LogP contribution in [0.5, 0.6) is 11.8 Å². The predicted octanol–water partition coefficient (Wildman–Crippen LogP) is 9.15. The van der Waals surface area contributed by atoms with Crippen molar-refractivity contribution in [3.8, 4) is 34.3 Å². The van der Waals surface area contributed by atoms with Crippen molar-refractivity contribution >= 4 is 45.7 Å². The summed E-state index contributed by atoms with van der Waals surface area (Å²) < 4.78 is 92.2. The summed E-state index contributed by atoms with van der Waals surface area (Å²) in [5.41, 5.74) is 4.94. The van der Waals surface area contributed by atoms with Gasteiger partial charge in [-0.2, -0.15) is 46.5 Å². The maximum atomic E-state index is 13.4. The number of carbonyl (C=O) groups excluding carboxylic acids is 2. The molecular weight excluding hydrogens is 858 g/mol. The van der Waals surface area contributed by atoms with E-state index in [1.54, 1.807) is 57.4 Å². The molecule has 324 valence electrons. The highest BCUT2D eigenvalue weighted by atomic mass is 35.5. The van der Waals surface area contributed by atoms with Crippen molar-refractivity contribution in [3.63, 3.8) is 0 Å². The van der Waals surface area contributed by atoms with Gasteiger partial charge in [0.1, 0.15) is 22.8 Å². The number of amides is 1. The highest BCUT2D eigenvalue weighted by Crippen LogP contribution is 2.38. The number of methoxy groups -OCH3 is 2. The van der Waals surface area contributed by atoms with E-state index in [9.17, 15) is 35.9 Å². The first-order chi connectivity index (χ1) is 29.9. The van der Waals surface area contributed by atoms with Crippen LogP contribution in [-0.4, -0.2) is 64.5 Å². The van der Waals surface area contributed by atoms with Gasteiger partial charge in [-0.1, -0.05) is 48.5 Å². The zero-order chi connectivity index (χ0) is 45.6. The fourth-order valence-corrected chi connectivity index (χ4v) is 6.32. The van der Waals surface area contributed by atoms with E-state index in [1.165, 1.54) is 77.1 Å². The topological polar surface area (TPSA) is 177 Å². The average molecular weight is 891 g/mol. The van der Waals surface area contributed by atoms with Gasteiger partial charge < -0.3 is 20.5 Å². The number of nitrogens with one attached hydrogen (secondary N) is 1. The third-order valence-corrected chi connectivity index (χ3v) is 9.08. The predicted molar refractivity (Wildman–Crippen MR) is 220 cm³/mol. The molecule has 6 aromatic heterocycles. The van der Waals surface area contributed by atoms with Crippen LogP contribution in [-0.2, 0) is 12.4 Å². The molecule has 0 aliphatic carbocycles. The Morgan fingerprint density at radius 1 is 0.619 bits per heavy atom. The van der Waals surface area contributed by atoms with Gasteiger partial charge in [0.2, 0.25) is 11.8 Å². The molecule has 0 radical (unpaired) electrons. The number of nitrogens with zero attached hydrogens (tertiary/aromatic N) is 8. The van der Waals surface area contributed by atoms with Gasteiger partial charge in [0, 0.05) is 35.7 Å². The summed E-state index contributed by atoms with van der Waals surface area (Å²) in [4.78, 5) is 40.9. The van der Waals surface area contributed by atoms with E-state index >= 15 is 0 Å². The summed E-state index contributed by atoms with van der Waals surface area (Å²) in [6.45, 7) is 3.19. The number of hydrogen-bond acceptors (Lipinski definition) is 11. The molecule has 1 amide bonds. The van der Waals surface area contributed by atoms with Gasteiger partial charge >= 0.3 is 12.4 Å². The summed E-state index contributed by atoms with van der Waals surface area (Å²) in [5, 5.41) is 10.2. The maximum Gasteiger partial charge on any atom is 0.417 e. The Hall–Kier alpha value is -7.61. The van der Waals surface area contributed by atoms with Crippen LogP contribution in [0.2, 0.25) is 0 Å². The lowest BCUT2D eigenvalue weighted by Crippen LogP contribution is -2.14. The van der Waals surface area contributed by atoms with Crippen molar-refractivity contribution in [3.05, 3.63) is 143 Å². The molecule has 0 spiro atoms. The van der Waals surface area contributed by atoms with Crippen LogP contribution in [0, 0.1) is 13.8 Å². The Bertz CT molecular complexity index is 2950. The van der Waals surface area contributed by atoms with Gasteiger partial charge in [0.05, 0.1) is 48.1 Å². The molecule has 63 heavy (non-hydrogen) atoms. The number of fused-ring (bicyclic) bond motifs is 2. The zero-order valence-corrected chi connectivity index (χ0v) is 34.1. The van der Waals surface area contributed by atoms with Crippen LogP contribution in [0.25, 0.3) is 33.8 Å². The number of halogens is 7. The first-order valence-electron chi connectivity index (χ1n) is 18.2. The lowest BCUT2D eigenvalue weighted by molar-refractivity contribution is -0.137. The van der Waals surface area contributed by atoms with Gasteiger partial charge in [-0.15, -0.1) is 0 Å². The van der Waals surface area contributed by atoms with Crippen LogP contribution in [0.4, 0.5) is 38.0 Å². The Labute approximate surface area is 358 Å². The lowest BCUT2D eigenvalue weighted by Gasteiger charge is -2.12. The number of alkyl halides is 6. The molecule has 0 aliphatic heterocycles. The van der Waals surface area contributed by atoms with Crippen LogP contribution in [0.15, 0.2) is 109 Å². The number of carbonyl (C=O) groups is 2. The molecule has 14 nitrogen and oxygen atoms in total. The van der Waals surface area contributed by atoms with E-state index < -0.39 is 34.6 Å². The monoisotopic (exact) mass is 890 g/mol. The van der Waals surface area contributed by atoms with Crippen molar-refractivity contribution in [2.45, 2.75) is 26.2 Å². The Kier molecular flexibility index (Phi) is 13.2. The number of nitrogens with two attached hydrogens (primary N) is 1. The molecule has 0 atom stereocenters. The zero-order valence-electron chi connectivity index (χ0n) is 33.3. The molecule has 0 saturated heterocycles. The van der Waals surface area contributed by atoms with Gasteiger partial charge in [-0.05, 0) is 61.8 Å². The van der Waals surface area contributed by atoms with Gasteiger partial charge in [-0.3, -0.25) is 9.59 Å². The summed E-state index contributed by atoms with van der Waals surface area (Å²) in [5.74, 6) is 1.06. The number of aromatic nitrogens is 8. The second-order valence-corrected chi connectivity index (χ2v) is 13.4. The summed E-state index contributed by atoms with van der Waals surface area (Å²) in [6, 6.07) is 23.2. The first kappa shape index (κ1) is 44.9. The second kappa shape index (κ2) is 18.6. The number of ether oxygens (including phenoxy) is 2. The minimum atomic E-state index is -4.54. The van der Waals surface area contributed by atoms with E-state index in [0.717, 1.165) is 12.1 Å². The molecule has 3 N–H and O–H groups in total. The SMILES string of the molecule is COc1cccc(N)n1.COc1cccc(NC(=O)c2c(C)nn3ccc(-c4ccccc4C(F)(F)F)nc23)n1.Cc1nn2ccc(-c3ccccc3C(F)(F)F)nc2c1C(=O)Cl. The van der Waals surface area contributed by atoms with E-state index in [2.05, 4.69) is 35.5 Å². The highest BCUT2D eigenvalue weighted by molar-refractivity contribution is 6.68. The molecule has 0 unspecified atom stereocenters. The fraction of sp³-hybridized carbons (Fsp3) is 0.143. The number of nitrogen functional groups attached to an aromatic ring is 1. The number of hydrogen-bond donors (Lipinski definition) is 2. The quantitative estimate of drug-likeness (QED) is 0.115. The second-order valence-electron chi connectivity index (χ2n) is 13.1. The molecule has 0 bridgehead atoms. The van der Waals surface area contributed by atoms with Crippen LogP contribution in [0.1, 0.15) is 43.2 Å².